The van der Waals surface area contributed by atoms with E-state index < -0.39 is 0 Å². The lowest BCUT2D eigenvalue weighted by atomic mass is 9.97. The van der Waals surface area contributed by atoms with Crippen LogP contribution in [0.25, 0.3) is 0 Å². The van der Waals surface area contributed by atoms with E-state index in [1.54, 1.807) is 16.9 Å². The molecule has 2 aromatic carbocycles. The first-order valence-corrected chi connectivity index (χ1v) is 10.3. The second-order valence-electron chi connectivity index (χ2n) is 7.57. The van der Waals surface area contributed by atoms with Gasteiger partial charge in [0.2, 0.25) is 5.91 Å². The minimum Gasteiger partial charge on any atom is -0.496 e. The zero-order valence-electron chi connectivity index (χ0n) is 17.2. The van der Waals surface area contributed by atoms with Crippen molar-refractivity contribution in [3.8, 4) is 11.5 Å². The number of ether oxygens (including phenoxy) is 2. The molecule has 2 aliphatic rings. The molecule has 0 aliphatic carbocycles. The molecule has 1 saturated heterocycles. The molecule has 158 valence electrons. The fraction of sp³-hybridized carbons (Fsp3) is 0.391. The van der Waals surface area contributed by atoms with E-state index in [9.17, 15) is 9.59 Å². The quantitative estimate of drug-likeness (QED) is 0.843. The Morgan fingerprint density at radius 2 is 1.93 bits per heavy atom. The van der Waals surface area contributed by atoms with E-state index >= 15 is 0 Å². The van der Waals surface area contributed by atoms with Crippen molar-refractivity contribution in [2.45, 2.75) is 19.4 Å². The molecule has 0 saturated carbocycles. The SMILES string of the molecule is COc1ccccc1CNC(=O)C1CCCN(C(=O)N2CCOc3ccccc32)C1. The standard InChI is InChI=1S/C23H27N3O4/c1-29-20-10-4-2-7-17(20)15-24-22(27)18-8-6-12-25(16-18)23(28)26-13-14-30-21-11-5-3-9-19(21)26/h2-5,7,9-11,18H,6,8,12-16H2,1H3,(H,24,27). The van der Waals surface area contributed by atoms with Crippen LogP contribution in [0.3, 0.4) is 0 Å². The summed E-state index contributed by atoms with van der Waals surface area (Å²) in [6.45, 7) is 2.48. The number of benzene rings is 2. The van der Waals surface area contributed by atoms with Crippen LogP contribution in [-0.4, -0.2) is 50.2 Å². The smallest absolute Gasteiger partial charge is 0.324 e. The molecule has 0 aromatic heterocycles. The number of hydrogen-bond donors (Lipinski definition) is 1. The zero-order valence-corrected chi connectivity index (χ0v) is 17.2. The number of carbonyl (C=O) groups is 2. The monoisotopic (exact) mass is 409 g/mol. The highest BCUT2D eigenvalue weighted by Crippen LogP contribution is 2.32. The lowest BCUT2D eigenvalue weighted by Crippen LogP contribution is -2.52. The summed E-state index contributed by atoms with van der Waals surface area (Å²) in [5, 5.41) is 3.01. The number of hydrogen-bond acceptors (Lipinski definition) is 4. The predicted molar refractivity (Wildman–Crippen MR) is 114 cm³/mol. The number of piperidine rings is 1. The van der Waals surface area contributed by atoms with Crippen molar-refractivity contribution in [2.75, 3.05) is 38.3 Å². The highest BCUT2D eigenvalue weighted by molar-refractivity contribution is 5.94. The van der Waals surface area contributed by atoms with Gasteiger partial charge in [0.25, 0.3) is 0 Å². The van der Waals surface area contributed by atoms with Gasteiger partial charge in [0, 0.05) is 25.2 Å². The van der Waals surface area contributed by atoms with Crippen molar-refractivity contribution in [2.24, 2.45) is 5.92 Å². The van der Waals surface area contributed by atoms with Gasteiger partial charge in [0.05, 0.1) is 25.3 Å². The lowest BCUT2D eigenvalue weighted by molar-refractivity contribution is -0.126. The van der Waals surface area contributed by atoms with Crippen molar-refractivity contribution < 1.29 is 19.1 Å². The first kappa shape index (κ1) is 20.1. The molecule has 1 N–H and O–H groups in total. The van der Waals surface area contributed by atoms with Crippen LogP contribution in [0.1, 0.15) is 18.4 Å². The Bertz CT molecular complexity index is 917. The Labute approximate surface area is 176 Å². The second-order valence-corrected chi connectivity index (χ2v) is 7.57. The maximum atomic E-state index is 13.2. The molecule has 7 nitrogen and oxygen atoms in total. The number of para-hydroxylation sites is 3. The van der Waals surface area contributed by atoms with Crippen molar-refractivity contribution in [1.82, 2.24) is 10.2 Å². The molecule has 30 heavy (non-hydrogen) atoms. The van der Waals surface area contributed by atoms with E-state index in [-0.39, 0.29) is 17.9 Å². The van der Waals surface area contributed by atoms with Gasteiger partial charge in [-0.3, -0.25) is 9.69 Å². The topological polar surface area (TPSA) is 71.1 Å². The Morgan fingerprint density at radius 3 is 2.80 bits per heavy atom. The van der Waals surface area contributed by atoms with Crippen molar-refractivity contribution in [3.05, 3.63) is 54.1 Å². The molecule has 0 spiro atoms. The first-order valence-electron chi connectivity index (χ1n) is 10.3. The molecule has 1 unspecified atom stereocenters. The first-order chi connectivity index (χ1) is 14.7. The van der Waals surface area contributed by atoms with Crippen LogP contribution in [0.15, 0.2) is 48.5 Å². The van der Waals surface area contributed by atoms with Gasteiger partial charge < -0.3 is 19.7 Å². The minimum absolute atomic E-state index is 0.0271. The summed E-state index contributed by atoms with van der Waals surface area (Å²) in [4.78, 5) is 29.5. The predicted octanol–water partition coefficient (Wildman–Crippen LogP) is 3.04. The highest BCUT2D eigenvalue weighted by atomic mass is 16.5. The molecule has 0 bridgehead atoms. The largest absolute Gasteiger partial charge is 0.496 e. The van der Waals surface area contributed by atoms with Crippen LogP contribution in [0.4, 0.5) is 10.5 Å². The number of anilines is 1. The molecular formula is C23H27N3O4. The normalized spacial score (nSPS) is 18.2. The number of likely N-dealkylation sites (tertiary alicyclic amines) is 1. The van der Waals surface area contributed by atoms with Crippen molar-refractivity contribution >= 4 is 17.6 Å². The van der Waals surface area contributed by atoms with Crippen molar-refractivity contribution in [1.29, 1.82) is 0 Å². The molecule has 2 aliphatic heterocycles. The average molecular weight is 409 g/mol. The molecule has 2 aromatic rings. The third-order valence-corrected chi connectivity index (χ3v) is 5.67. The third-order valence-electron chi connectivity index (χ3n) is 5.67. The number of amides is 3. The van der Waals surface area contributed by atoms with Crippen LogP contribution in [-0.2, 0) is 11.3 Å². The fourth-order valence-electron chi connectivity index (χ4n) is 4.08. The molecule has 1 atom stereocenters. The summed E-state index contributed by atoms with van der Waals surface area (Å²) in [6, 6.07) is 15.1. The molecule has 4 rings (SSSR count). The number of fused-ring (bicyclic) bond motifs is 1. The van der Waals surface area contributed by atoms with E-state index in [0.717, 1.165) is 35.6 Å². The highest BCUT2D eigenvalue weighted by Gasteiger charge is 2.33. The second kappa shape index (κ2) is 9.07. The Balaban J connectivity index is 1.38. The van der Waals surface area contributed by atoms with Gasteiger partial charge in [-0.15, -0.1) is 0 Å². The van der Waals surface area contributed by atoms with Gasteiger partial charge >= 0.3 is 6.03 Å². The van der Waals surface area contributed by atoms with E-state index in [1.165, 1.54) is 0 Å². The Morgan fingerprint density at radius 1 is 1.13 bits per heavy atom. The number of carbonyl (C=O) groups excluding carboxylic acids is 2. The summed E-state index contributed by atoms with van der Waals surface area (Å²) in [5.74, 6) is 1.24. The maximum Gasteiger partial charge on any atom is 0.324 e. The van der Waals surface area contributed by atoms with Gasteiger partial charge in [-0.1, -0.05) is 30.3 Å². The van der Waals surface area contributed by atoms with Crippen LogP contribution >= 0.6 is 0 Å². The van der Waals surface area contributed by atoms with Gasteiger partial charge in [-0.05, 0) is 31.0 Å². The van der Waals surface area contributed by atoms with Crippen LogP contribution in [0.5, 0.6) is 11.5 Å². The maximum absolute atomic E-state index is 13.2. The molecular weight excluding hydrogens is 382 g/mol. The van der Waals surface area contributed by atoms with Crippen molar-refractivity contribution in [3.63, 3.8) is 0 Å². The molecule has 7 heteroatoms. The molecule has 2 heterocycles. The molecule has 3 amide bonds. The number of nitrogens with zero attached hydrogens (tertiary/aromatic N) is 2. The summed E-state index contributed by atoms with van der Waals surface area (Å²) in [7, 11) is 1.62. The summed E-state index contributed by atoms with van der Waals surface area (Å²) in [5.41, 5.74) is 1.72. The summed E-state index contributed by atoms with van der Waals surface area (Å²) < 4.78 is 11.0. The zero-order chi connectivity index (χ0) is 20.9. The number of methoxy groups -OCH3 is 1. The fourth-order valence-corrected chi connectivity index (χ4v) is 4.08. The van der Waals surface area contributed by atoms with E-state index in [2.05, 4.69) is 5.32 Å². The number of nitrogens with one attached hydrogen (secondary N) is 1. The van der Waals surface area contributed by atoms with Crippen LogP contribution < -0.4 is 19.7 Å². The summed E-state index contributed by atoms with van der Waals surface area (Å²) in [6.07, 6.45) is 1.59. The van der Waals surface area contributed by atoms with E-state index in [4.69, 9.17) is 9.47 Å². The minimum atomic E-state index is -0.214. The average Bonchev–Trinajstić information content (AvgIpc) is 2.82. The van der Waals surface area contributed by atoms with Crippen LogP contribution in [0.2, 0.25) is 0 Å². The number of rotatable bonds is 4. The third kappa shape index (κ3) is 4.20. The number of urea groups is 1. The molecule has 1 fully saturated rings. The summed E-state index contributed by atoms with van der Waals surface area (Å²) >= 11 is 0. The van der Waals surface area contributed by atoms with Gasteiger partial charge in [-0.25, -0.2) is 4.79 Å². The Hall–Kier alpha value is -3.22. The van der Waals surface area contributed by atoms with Crippen LogP contribution in [0, 0.1) is 5.92 Å². The molecule has 0 radical (unpaired) electrons. The van der Waals surface area contributed by atoms with E-state index in [1.807, 2.05) is 48.5 Å². The van der Waals surface area contributed by atoms with E-state index in [0.29, 0.717) is 32.8 Å². The van der Waals surface area contributed by atoms with Gasteiger partial charge in [0.15, 0.2) is 0 Å². The Kier molecular flexibility index (Phi) is 6.07. The van der Waals surface area contributed by atoms with Gasteiger partial charge in [-0.2, -0.15) is 0 Å². The van der Waals surface area contributed by atoms with Gasteiger partial charge in [0.1, 0.15) is 18.1 Å². The lowest BCUT2D eigenvalue weighted by Gasteiger charge is -2.37.